The summed E-state index contributed by atoms with van der Waals surface area (Å²) in [6.45, 7) is 2.07. The first-order valence-corrected chi connectivity index (χ1v) is 3.54. The molecule has 0 aromatic heterocycles. The minimum atomic E-state index is 0.505. The molecular weight excluding hydrogens is 124 g/mol. The van der Waals surface area contributed by atoms with Crippen molar-refractivity contribution in [3.63, 3.8) is 0 Å². The largest absolute Gasteiger partial charge is 0.266 e. The van der Waals surface area contributed by atoms with Crippen LogP contribution in [0.1, 0.15) is 13.3 Å². The van der Waals surface area contributed by atoms with E-state index in [-0.39, 0.29) is 0 Å². The van der Waals surface area contributed by atoms with Gasteiger partial charge in [-0.2, -0.15) is 5.10 Å². The Morgan fingerprint density at radius 3 is 3.30 bits per heavy atom. The molecule has 2 aliphatic heterocycles. The Balaban J connectivity index is 2.24. The van der Waals surface area contributed by atoms with E-state index in [1.54, 1.807) is 0 Å². The van der Waals surface area contributed by atoms with Crippen LogP contribution in [-0.2, 0) is 0 Å². The third-order valence-corrected chi connectivity index (χ3v) is 1.81. The Kier molecular flexibility index (Phi) is 1.13. The lowest BCUT2D eigenvalue weighted by atomic mass is 10.1. The number of hydrogen-bond acceptors (Lipinski definition) is 2. The van der Waals surface area contributed by atoms with Crippen molar-refractivity contribution in [1.82, 2.24) is 5.01 Å². The minimum absolute atomic E-state index is 0.505. The molecule has 0 aromatic carbocycles. The molecule has 0 saturated carbocycles. The Hall–Kier alpha value is -1.05. The summed E-state index contributed by atoms with van der Waals surface area (Å²) >= 11 is 0. The summed E-state index contributed by atoms with van der Waals surface area (Å²) in [5, 5.41) is 6.33. The maximum absolute atomic E-state index is 4.32. The fourth-order valence-electron chi connectivity index (χ4n) is 1.34. The lowest BCUT2D eigenvalue weighted by molar-refractivity contribution is 0.368. The summed E-state index contributed by atoms with van der Waals surface area (Å²) in [4.78, 5) is 0. The topological polar surface area (TPSA) is 15.6 Å². The third kappa shape index (κ3) is 0.764. The van der Waals surface area contributed by atoms with Gasteiger partial charge in [-0.05, 0) is 13.0 Å². The first-order chi connectivity index (χ1) is 4.86. The molecule has 1 atom stereocenters. The monoisotopic (exact) mass is 134 g/mol. The van der Waals surface area contributed by atoms with Gasteiger partial charge < -0.3 is 0 Å². The highest BCUT2D eigenvalue weighted by Gasteiger charge is 2.20. The number of hydrogen-bond donors (Lipinski definition) is 0. The van der Waals surface area contributed by atoms with Crippen molar-refractivity contribution in [3.05, 3.63) is 24.4 Å². The molecule has 10 heavy (non-hydrogen) atoms. The molecule has 2 nitrogen and oxygen atoms in total. The predicted molar refractivity (Wildman–Crippen MR) is 41.6 cm³/mol. The van der Waals surface area contributed by atoms with E-state index >= 15 is 0 Å². The van der Waals surface area contributed by atoms with Crippen LogP contribution >= 0.6 is 0 Å². The summed E-state index contributed by atoms with van der Waals surface area (Å²) in [6, 6.07) is 0.505. The molecule has 0 spiro atoms. The molecule has 0 radical (unpaired) electrons. The molecule has 2 rings (SSSR count). The van der Waals surface area contributed by atoms with E-state index < -0.39 is 0 Å². The van der Waals surface area contributed by atoms with Crippen molar-refractivity contribution in [3.8, 4) is 0 Å². The molecule has 0 bridgehead atoms. The van der Waals surface area contributed by atoms with Crippen molar-refractivity contribution in [2.45, 2.75) is 19.4 Å². The van der Waals surface area contributed by atoms with Crippen LogP contribution in [0.5, 0.6) is 0 Å². The van der Waals surface area contributed by atoms with Crippen LogP contribution in [0.2, 0.25) is 0 Å². The maximum Gasteiger partial charge on any atom is 0.0755 e. The molecule has 0 aromatic rings. The van der Waals surface area contributed by atoms with E-state index in [4.69, 9.17) is 0 Å². The minimum Gasteiger partial charge on any atom is -0.266 e. The van der Waals surface area contributed by atoms with Crippen LogP contribution in [0.4, 0.5) is 0 Å². The Morgan fingerprint density at radius 1 is 1.60 bits per heavy atom. The van der Waals surface area contributed by atoms with E-state index in [0.717, 1.165) is 6.42 Å². The Morgan fingerprint density at radius 2 is 2.50 bits per heavy atom. The van der Waals surface area contributed by atoms with Crippen molar-refractivity contribution in [1.29, 1.82) is 0 Å². The molecule has 0 amide bonds. The first-order valence-electron chi connectivity index (χ1n) is 3.54. The SMILES string of the molecule is CC1=NN2C=CC=C[C@@H]2C1. The summed E-state index contributed by atoms with van der Waals surface area (Å²) in [5.74, 6) is 0. The number of nitrogens with zero attached hydrogens (tertiary/aromatic N) is 2. The second-order valence-electron chi connectivity index (χ2n) is 2.71. The van der Waals surface area contributed by atoms with E-state index in [1.165, 1.54) is 5.71 Å². The molecule has 2 heteroatoms. The highest BCUT2D eigenvalue weighted by molar-refractivity contribution is 5.84. The van der Waals surface area contributed by atoms with Gasteiger partial charge in [0.05, 0.1) is 6.04 Å². The van der Waals surface area contributed by atoms with E-state index in [0.29, 0.717) is 6.04 Å². The van der Waals surface area contributed by atoms with Gasteiger partial charge in [0.1, 0.15) is 0 Å². The van der Waals surface area contributed by atoms with Gasteiger partial charge in [0.25, 0.3) is 0 Å². The third-order valence-electron chi connectivity index (χ3n) is 1.81. The second kappa shape index (κ2) is 1.97. The van der Waals surface area contributed by atoms with Crippen LogP contribution in [0.3, 0.4) is 0 Å². The molecule has 2 heterocycles. The van der Waals surface area contributed by atoms with Gasteiger partial charge >= 0.3 is 0 Å². The number of rotatable bonds is 0. The normalized spacial score (nSPS) is 28.7. The van der Waals surface area contributed by atoms with Crippen molar-refractivity contribution >= 4 is 5.71 Å². The quantitative estimate of drug-likeness (QED) is 0.490. The van der Waals surface area contributed by atoms with Crippen LogP contribution in [-0.4, -0.2) is 16.8 Å². The van der Waals surface area contributed by atoms with Crippen molar-refractivity contribution in [2.75, 3.05) is 0 Å². The average Bonchev–Trinajstić information content (AvgIpc) is 2.27. The highest BCUT2D eigenvalue weighted by atomic mass is 15.5. The van der Waals surface area contributed by atoms with Gasteiger partial charge in [0, 0.05) is 18.3 Å². The number of allylic oxidation sites excluding steroid dienone is 2. The fraction of sp³-hybridized carbons (Fsp3) is 0.375. The van der Waals surface area contributed by atoms with E-state index in [9.17, 15) is 0 Å². The Bertz CT molecular complexity index is 225. The van der Waals surface area contributed by atoms with Crippen molar-refractivity contribution in [2.24, 2.45) is 5.10 Å². The molecule has 0 aliphatic carbocycles. The smallest absolute Gasteiger partial charge is 0.0755 e. The molecular formula is C8H10N2. The zero-order valence-corrected chi connectivity index (χ0v) is 5.99. The van der Waals surface area contributed by atoms with Crippen LogP contribution < -0.4 is 0 Å². The number of fused-ring (bicyclic) bond motifs is 1. The molecule has 0 saturated heterocycles. The van der Waals surface area contributed by atoms with Crippen LogP contribution in [0.25, 0.3) is 0 Å². The fourth-order valence-corrected chi connectivity index (χ4v) is 1.34. The molecule has 0 fully saturated rings. The van der Waals surface area contributed by atoms with Gasteiger partial charge in [0.15, 0.2) is 0 Å². The Labute approximate surface area is 60.5 Å². The van der Waals surface area contributed by atoms with E-state index in [1.807, 2.05) is 17.3 Å². The lowest BCUT2D eigenvalue weighted by Crippen LogP contribution is -2.20. The molecule has 52 valence electrons. The summed E-state index contributed by atoms with van der Waals surface area (Å²) < 4.78 is 0. The number of hydrazone groups is 1. The summed E-state index contributed by atoms with van der Waals surface area (Å²) in [6.07, 6.45) is 9.37. The predicted octanol–water partition coefficient (Wildman–Crippen LogP) is 1.52. The van der Waals surface area contributed by atoms with Crippen LogP contribution in [0, 0.1) is 0 Å². The summed E-state index contributed by atoms with van der Waals surface area (Å²) in [7, 11) is 0. The summed E-state index contributed by atoms with van der Waals surface area (Å²) in [5.41, 5.74) is 1.22. The lowest BCUT2D eigenvalue weighted by Gasteiger charge is -2.17. The zero-order valence-electron chi connectivity index (χ0n) is 5.99. The maximum atomic E-state index is 4.32. The first kappa shape index (κ1) is 5.71. The van der Waals surface area contributed by atoms with Gasteiger partial charge in [-0.1, -0.05) is 12.2 Å². The highest BCUT2D eigenvalue weighted by Crippen LogP contribution is 2.19. The standard InChI is InChI=1S/C8H10N2/c1-7-6-8-4-2-3-5-10(8)9-7/h2-5,8H,6H2,1H3/t8-/m1/s1. The average molecular weight is 134 g/mol. The van der Waals surface area contributed by atoms with Crippen LogP contribution in [0.15, 0.2) is 29.5 Å². The van der Waals surface area contributed by atoms with Gasteiger partial charge in [-0.3, -0.25) is 5.01 Å². The molecule has 0 unspecified atom stereocenters. The van der Waals surface area contributed by atoms with Crippen molar-refractivity contribution < 1.29 is 0 Å². The van der Waals surface area contributed by atoms with Gasteiger partial charge in [-0.15, -0.1) is 0 Å². The second-order valence-corrected chi connectivity index (χ2v) is 2.71. The molecule has 0 N–H and O–H groups in total. The van der Waals surface area contributed by atoms with Gasteiger partial charge in [-0.25, -0.2) is 0 Å². The zero-order chi connectivity index (χ0) is 6.97. The van der Waals surface area contributed by atoms with Gasteiger partial charge in [0.2, 0.25) is 0 Å². The van der Waals surface area contributed by atoms with E-state index in [2.05, 4.69) is 24.2 Å². The molecule has 2 aliphatic rings.